The summed E-state index contributed by atoms with van der Waals surface area (Å²) < 4.78 is 11.3. The first kappa shape index (κ1) is 19.0. The first-order chi connectivity index (χ1) is 11.6. The van der Waals surface area contributed by atoms with Gasteiger partial charge in [0.05, 0.1) is 26.4 Å². The van der Waals surface area contributed by atoms with Gasteiger partial charge in [0.1, 0.15) is 0 Å². The number of likely N-dealkylation sites (N-methyl/N-ethyl adjacent to an activating group) is 1. The molecule has 136 valence electrons. The summed E-state index contributed by atoms with van der Waals surface area (Å²) in [5.74, 6) is 1.52. The molecule has 24 heavy (non-hydrogen) atoms. The van der Waals surface area contributed by atoms with E-state index in [2.05, 4.69) is 30.7 Å². The zero-order valence-corrected chi connectivity index (χ0v) is 15.5. The molecule has 0 saturated carbocycles. The van der Waals surface area contributed by atoms with Crippen LogP contribution in [0.4, 0.5) is 0 Å². The molecule has 0 bridgehead atoms. The molecule has 2 unspecified atom stereocenters. The SMILES string of the molecule is CCCCOc1cc(C(CO)N2CCN(C)C(C)C2)ccc1OC. The molecule has 1 aliphatic rings. The Morgan fingerprint density at radius 3 is 2.71 bits per heavy atom. The monoisotopic (exact) mass is 336 g/mol. The van der Waals surface area contributed by atoms with Crippen LogP contribution in [0.2, 0.25) is 0 Å². The Bertz CT molecular complexity index is 509. The molecular weight excluding hydrogens is 304 g/mol. The maximum absolute atomic E-state index is 9.99. The van der Waals surface area contributed by atoms with Crippen molar-refractivity contribution in [1.82, 2.24) is 9.80 Å². The Balaban J connectivity index is 2.16. The number of unbranched alkanes of at least 4 members (excludes halogenated alkanes) is 1. The summed E-state index contributed by atoms with van der Waals surface area (Å²) in [7, 11) is 3.82. The molecule has 1 heterocycles. The Kier molecular flexibility index (Phi) is 7.34. The number of ether oxygens (including phenoxy) is 2. The minimum absolute atomic E-state index is 0.000538. The molecule has 2 atom stereocenters. The van der Waals surface area contributed by atoms with E-state index in [1.807, 2.05) is 18.2 Å². The highest BCUT2D eigenvalue weighted by molar-refractivity contribution is 5.44. The van der Waals surface area contributed by atoms with E-state index in [1.54, 1.807) is 7.11 Å². The third kappa shape index (κ3) is 4.62. The predicted molar refractivity (Wildman–Crippen MR) is 96.9 cm³/mol. The smallest absolute Gasteiger partial charge is 0.161 e. The van der Waals surface area contributed by atoms with Gasteiger partial charge in [0.2, 0.25) is 0 Å². The Morgan fingerprint density at radius 2 is 2.08 bits per heavy atom. The third-order valence-electron chi connectivity index (χ3n) is 4.93. The molecule has 1 N–H and O–H groups in total. The normalized spacial score (nSPS) is 20.8. The second-order valence-corrected chi connectivity index (χ2v) is 6.64. The van der Waals surface area contributed by atoms with Gasteiger partial charge in [-0.05, 0) is 38.1 Å². The molecule has 5 nitrogen and oxygen atoms in total. The van der Waals surface area contributed by atoms with Crippen LogP contribution in [0.5, 0.6) is 11.5 Å². The Labute approximate surface area is 146 Å². The zero-order chi connectivity index (χ0) is 17.5. The molecule has 1 aliphatic heterocycles. The topological polar surface area (TPSA) is 45.2 Å². The lowest BCUT2D eigenvalue weighted by molar-refractivity contribution is 0.0463. The van der Waals surface area contributed by atoms with Crippen molar-refractivity contribution in [3.63, 3.8) is 0 Å². The summed E-state index contributed by atoms with van der Waals surface area (Å²) in [6.07, 6.45) is 2.12. The van der Waals surface area contributed by atoms with E-state index < -0.39 is 0 Å². The number of piperazine rings is 1. The fourth-order valence-corrected chi connectivity index (χ4v) is 3.13. The van der Waals surface area contributed by atoms with Crippen LogP contribution in [-0.4, -0.2) is 68.0 Å². The van der Waals surface area contributed by atoms with Gasteiger partial charge < -0.3 is 19.5 Å². The van der Waals surface area contributed by atoms with Gasteiger partial charge >= 0.3 is 0 Å². The molecule has 1 fully saturated rings. The Hall–Kier alpha value is -1.30. The highest BCUT2D eigenvalue weighted by atomic mass is 16.5. The first-order valence-electron chi connectivity index (χ1n) is 8.96. The van der Waals surface area contributed by atoms with E-state index in [9.17, 15) is 5.11 Å². The number of hydrogen-bond donors (Lipinski definition) is 1. The lowest BCUT2D eigenvalue weighted by Gasteiger charge is -2.41. The molecule has 0 radical (unpaired) electrons. The average Bonchev–Trinajstić information content (AvgIpc) is 2.59. The van der Waals surface area contributed by atoms with Gasteiger partial charge in [-0.1, -0.05) is 19.4 Å². The van der Waals surface area contributed by atoms with Gasteiger partial charge in [-0.2, -0.15) is 0 Å². The molecule has 0 spiro atoms. The van der Waals surface area contributed by atoms with Crippen LogP contribution in [0, 0.1) is 0 Å². The molecule has 1 aromatic carbocycles. The molecule has 2 rings (SSSR count). The van der Waals surface area contributed by atoms with Crippen molar-refractivity contribution in [3.8, 4) is 11.5 Å². The first-order valence-corrected chi connectivity index (χ1v) is 8.96. The van der Waals surface area contributed by atoms with Crippen LogP contribution in [-0.2, 0) is 0 Å². The molecule has 5 heteroatoms. The van der Waals surface area contributed by atoms with Crippen molar-refractivity contribution in [2.45, 2.75) is 38.8 Å². The van der Waals surface area contributed by atoms with E-state index in [0.29, 0.717) is 12.6 Å². The highest BCUT2D eigenvalue weighted by Gasteiger charge is 2.27. The van der Waals surface area contributed by atoms with Crippen molar-refractivity contribution in [2.75, 3.05) is 47.0 Å². The van der Waals surface area contributed by atoms with E-state index >= 15 is 0 Å². The molecular formula is C19H32N2O3. The van der Waals surface area contributed by atoms with Crippen molar-refractivity contribution in [1.29, 1.82) is 0 Å². The zero-order valence-electron chi connectivity index (χ0n) is 15.5. The number of rotatable bonds is 8. The molecule has 0 aliphatic carbocycles. The number of methoxy groups -OCH3 is 1. The van der Waals surface area contributed by atoms with Gasteiger partial charge in [0, 0.05) is 25.7 Å². The Morgan fingerprint density at radius 1 is 1.29 bits per heavy atom. The molecule has 0 amide bonds. The third-order valence-corrected chi connectivity index (χ3v) is 4.93. The number of nitrogens with zero attached hydrogens (tertiary/aromatic N) is 2. The average molecular weight is 336 g/mol. The fourth-order valence-electron chi connectivity index (χ4n) is 3.13. The van der Waals surface area contributed by atoms with Crippen molar-refractivity contribution in [3.05, 3.63) is 23.8 Å². The number of aliphatic hydroxyl groups excluding tert-OH is 1. The van der Waals surface area contributed by atoms with Gasteiger partial charge in [-0.25, -0.2) is 0 Å². The van der Waals surface area contributed by atoms with Crippen LogP contribution >= 0.6 is 0 Å². The van der Waals surface area contributed by atoms with Gasteiger partial charge in [0.15, 0.2) is 11.5 Å². The summed E-state index contributed by atoms with van der Waals surface area (Å²) in [5.41, 5.74) is 1.08. The van der Waals surface area contributed by atoms with E-state index in [1.165, 1.54) is 0 Å². The number of benzene rings is 1. The predicted octanol–water partition coefficient (Wildman–Crippen LogP) is 2.54. The van der Waals surface area contributed by atoms with Crippen molar-refractivity contribution in [2.24, 2.45) is 0 Å². The van der Waals surface area contributed by atoms with Crippen molar-refractivity contribution >= 4 is 0 Å². The molecule has 1 aromatic rings. The van der Waals surface area contributed by atoms with E-state index in [0.717, 1.165) is 49.5 Å². The quantitative estimate of drug-likeness (QED) is 0.739. The van der Waals surface area contributed by atoms with Crippen LogP contribution in [0.1, 0.15) is 38.3 Å². The highest BCUT2D eigenvalue weighted by Crippen LogP contribution is 2.33. The van der Waals surface area contributed by atoms with Crippen LogP contribution in [0.3, 0.4) is 0 Å². The summed E-state index contributed by atoms with van der Waals surface area (Å²) in [6.45, 7) is 8.11. The minimum atomic E-state index is 0.000538. The van der Waals surface area contributed by atoms with E-state index in [-0.39, 0.29) is 12.6 Å². The maximum Gasteiger partial charge on any atom is 0.161 e. The van der Waals surface area contributed by atoms with Crippen LogP contribution in [0.15, 0.2) is 18.2 Å². The summed E-state index contributed by atoms with van der Waals surface area (Å²) in [4.78, 5) is 4.72. The van der Waals surface area contributed by atoms with Gasteiger partial charge in [0.25, 0.3) is 0 Å². The second-order valence-electron chi connectivity index (χ2n) is 6.64. The number of hydrogen-bond acceptors (Lipinski definition) is 5. The van der Waals surface area contributed by atoms with Gasteiger partial charge in [-0.15, -0.1) is 0 Å². The standard InChI is InChI=1S/C19H32N2O3/c1-5-6-11-24-19-12-16(7-8-18(19)23-4)17(14-22)21-10-9-20(3)15(2)13-21/h7-8,12,15,17,22H,5-6,9-11,13-14H2,1-4H3. The van der Waals surface area contributed by atoms with Crippen molar-refractivity contribution < 1.29 is 14.6 Å². The van der Waals surface area contributed by atoms with Crippen LogP contribution in [0.25, 0.3) is 0 Å². The van der Waals surface area contributed by atoms with E-state index in [4.69, 9.17) is 9.47 Å². The summed E-state index contributed by atoms with van der Waals surface area (Å²) in [5, 5.41) is 9.99. The largest absolute Gasteiger partial charge is 0.493 e. The number of aliphatic hydroxyl groups is 1. The summed E-state index contributed by atoms with van der Waals surface area (Å²) in [6, 6.07) is 6.50. The minimum Gasteiger partial charge on any atom is -0.493 e. The summed E-state index contributed by atoms with van der Waals surface area (Å²) >= 11 is 0. The molecule has 1 saturated heterocycles. The molecule has 0 aromatic heterocycles. The van der Waals surface area contributed by atoms with Gasteiger partial charge in [-0.3, -0.25) is 4.90 Å². The maximum atomic E-state index is 9.99. The fraction of sp³-hybridized carbons (Fsp3) is 0.684. The lowest BCUT2D eigenvalue weighted by atomic mass is 10.0. The second kappa shape index (κ2) is 9.25. The van der Waals surface area contributed by atoms with Crippen LogP contribution < -0.4 is 9.47 Å². The lowest BCUT2D eigenvalue weighted by Crippen LogP contribution is -2.51.